The van der Waals surface area contributed by atoms with Gasteiger partial charge in [0, 0.05) is 51.0 Å². The average molecular weight is 966 g/mol. The number of carbonyl (C=O) groups excluding carboxylic acids is 2. The molecule has 17 heteroatoms. The monoisotopic (exact) mass is 965 g/mol. The lowest BCUT2D eigenvalue weighted by molar-refractivity contribution is -0.137. The summed E-state index contributed by atoms with van der Waals surface area (Å²) in [6.45, 7) is 3.75. The van der Waals surface area contributed by atoms with Crippen LogP contribution in [0, 0.1) is 42.9 Å². The van der Waals surface area contributed by atoms with E-state index in [4.69, 9.17) is 0 Å². The summed E-state index contributed by atoms with van der Waals surface area (Å²) in [4.78, 5) is 30.3. The number of amides is 2. The van der Waals surface area contributed by atoms with Gasteiger partial charge in [-0.15, -0.1) is 0 Å². The fourth-order valence-electron chi connectivity index (χ4n) is 7.91. The van der Waals surface area contributed by atoms with E-state index < -0.39 is 52.3 Å². The van der Waals surface area contributed by atoms with Gasteiger partial charge in [0.25, 0.3) is 11.8 Å². The van der Waals surface area contributed by atoms with Gasteiger partial charge >= 0.3 is 6.18 Å². The van der Waals surface area contributed by atoms with E-state index >= 15 is 0 Å². The van der Waals surface area contributed by atoms with Crippen LogP contribution in [0.5, 0.6) is 0 Å². The number of hydrogen-bond acceptors (Lipinski definition) is 5. The van der Waals surface area contributed by atoms with Crippen molar-refractivity contribution in [2.45, 2.75) is 20.0 Å². The van der Waals surface area contributed by atoms with E-state index in [1.165, 1.54) is 59.4 Å². The molecular formula is C54H35F8N7O2. The van der Waals surface area contributed by atoms with E-state index in [0.717, 1.165) is 42.0 Å². The zero-order valence-electron chi connectivity index (χ0n) is 37.2. The third-order valence-electron chi connectivity index (χ3n) is 11.5. The van der Waals surface area contributed by atoms with Crippen molar-refractivity contribution in [2.75, 3.05) is 10.6 Å². The minimum atomic E-state index is -4.83. The number of nitrogens with zero attached hydrogens (tertiary/aromatic N) is 5. The van der Waals surface area contributed by atoms with Crippen LogP contribution in [0.2, 0.25) is 0 Å². The SMILES string of the molecule is Cc1ccc(NC(=O)c2cc(-c3cccc4c(-c5cccc(F)c5F)cnn34)cnc2C)cc1.O=C(Nc1ccc(F)cc1)c1cc(-c2cccc3c(-c4cccc(F)c4F)cnn23)ccc1C(F)(F)F. The Hall–Kier alpha value is -8.99. The van der Waals surface area contributed by atoms with Crippen molar-refractivity contribution < 1.29 is 44.7 Å². The highest BCUT2D eigenvalue weighted by molar-refractivity contribution is 6.07. The van der Waals surface area contributed by atoms with E-state index in [-0.39, 0.29) is 33.8 Å². The smallest absolute Gasteiger partial charge is 0.322 e. The Morgan fingerprint density at radius 1 is 0.507 bits per heavy atom. The van der Waals surface area contributed by atoms with Crippen molar-refractivity contribution in [2.24, 2.45) is 0 Å². The Bertz CT molecular complexity index is 3660. The van der Waals surface area contributed by atoms with Crippen molar-refractivity contribution in [3.63, 3.8) is 0 Å². The lowest BCUT2D eigenvalue weighted by Crippen LogP contribution is -2.19. The highest BCUT2D eigenvalue weighted by Crippen LogP contribution is 2.37. The summed E-state index contributed by atoms with van der Waals surface area (Å²) in [5.74, 6) is -5.82. The van der Waals surface area contributed by atoms with Crippen LogP contribution in [0.1, 0.15) is 37.5 Å². The van der Waals surface area contributed by atoms with Crippen molar-refractivity contribution in [1.82, 2.24) is 24.2 Å². The first-order valence-corrected chi connectivity index (χ1v) is 21.5. The number of fused-ring (bicyclic) bond motifs is 2. The summed E-state index contributed by atoms with van der Waals surface area (Å²) in [7, 11) is 0. The average Bonchev–Trinajstić information content (AvgIpc) is 4.00. The van der Waals surface area contributed by atoms with Crippen molar-refractivity contribution >= 4 is 34.2 Å². The molecule has 9 nitrogen and oxygen atoms in total. The molecule has 10 rings (SSSR count). The van der Waals surface area contributed by atoms with Gasteiger partial charge in [-0.3, -0.25) is 14.6 Å². The predicted octanol–water partition coefficient (Wildman–Crippen LogP) is 13.6. The number of rotatable bonds is 8. The molecule has 0 saturated heterocycles. The number of anilines is 2. The Labute approximate surface area is 398 Å². The van der Waals surface area contributed by atoms with Gasteiger partial charge in [0.15, 0.2) is 23.3 Å². The van der Waals surface area contributed by atoms with Gasteiger partial charge in [-0.25, -0.2) is 31.0 Å². The van der Waals surface area contributed by atoms with Gasteiger partial charge in [-0.1, -0.05) is 60.2 Å². The van der Waals surface area contributed by atoms with Gasteiger partial charge in [-0.2, -0.15) is 23.4 Å². The van der Waals surface area contributed by atoms with Crippen LogP contribution in [-0.2, 0) is 6.18 Å². The summed E-state index contributed by atoms with van der Waals surface area (Å²) in [6.07, 6.45) is -0.336. The summed E-state index contributed by atoms with van der Waals surface area (Å²) in [6, 6.07) is 34.9. The zero-order chi connectivity index (χ0) is 50.1. The molecule has 0 saturated carbocycles. The molecule has 5 aromatic heterocycles. The Morgan fingerprint density at radius 3 is 1.52 bits per heavy atom. The maximum absolute atomic E-state index is 14.4. The highest BCUT2D eigenvalue weighted by atomic mass is 19.4. The molecule has 0 atom stereocenters. The van der Waals surface area contributed by atoms with E-state index in [9.17, 15) is 44.7 Å². The molecule has 0 unspecified atom stereocenters. The largest absolute Gasteiger partial charge is 0.417 e. The molecule has 0 spiro atoms. The molecule has 2 amide bonds. The second-order valence-electron chi connectivity index (χ2n) is 16.1. The molecule has 2 N–H and O–H groups in total. The molecule has 0 fully saturated rings. The molecule has 0 radical (unpaired) electrons. The highest BCUT2D eigenvalue weighted by Gasteiger charge is 2.36. The fourth-order valence-corrected chi connectivity index (χ4v) is 7.91. The van der Waals surface area contributed by atoms with Gasteiger partial charge in [-0.05, 0) is 105 Å². The third kappa shape index (κ3) is 9.57. The molecule has 354 valence electrons. The molecular weight excluding hydrogens is 931 g/mol. The van der Waals surface area contributed by atoms with Crippen LogP contribution in [0.4, 0.5) is 46.5 Å². The Morgan fingerprint density at radius 2 is 0.986 bits per heavy atom. The quantitative estimate of drug-likeness (QED) is 0.148. The first kappa shape index (κ1) is 47.1. The topological polar surface area (TPSA) is 106 Å². The molecule has 5 heterocycles. The first-order chi connectivity index (χ1) is 34.0. The van der Waals surface area contributed by atoms with E-state index in [2.05, 4.69) is 25.8 Å². The molecule has 0 bridgehead atoms. The molecule has 71 heavy (non-hydrogen) atoms. The summed E-state index contributed by atoms with van der Waals surface area (Å²) in [5, 5.41) is 13.9. The molecule has 0 aliphatic heterocycles. The molecule has 10 aromatic rings. The maximum Gasteiger partial charge on any atom is 0.417 e. The summed E-state index contributed by atoms with van der Waals surface area (Å²) in [5.41, 5.74) is 4.79. The minimum absolute atomic E-state index is 0.0288. The van der Waals surface area contributed by atoms with Crippen molar-refractivity contribution in [3.05, 3.63) is 221 Å². The van der Waals surface area contributed by atoms with Crippen LogP contribution in [0.15, 0.2) is 164 Å². The molecule has 5 aromatic carbocycles. The third-order valence-corrected chi connectivity index (χ3v) is 11.5. The minimum Gasteiger partial charge on any atom is -0.322 e. The van der Waals surface area contributed by atoms with Crippen LogP contribution in [-0.4, -0.2) is 36.0 Å². The van der Waals surface area contributed by atoms with Gasteiger partial charge in [0.05, 0.1) is 57.2 Å². The number of halogens is 8. The van der Waals surface area contributed by atoms with Gasteiger partial charge in [0.1, 0.15) is 5.82 Å². The summed E-state index contributed by atoms with van der Waals surface area (Å²) >= 11 is 0. The number of pyridine rings is 3. The number of alkyl halides is 3. The van der Waals surface area contributed by atoms with E-state index in [1.54, 1.807) is 54.0 Å². The second-order valence-corrected chi connectivity index (χ2v) is 16.1. The Balaban J connectivity index is 0.000000176. The van der Waals surface area contributed by atoms with E-state index in [1.807, 2.05) is 37.3 Å². The fraction of sp³-hybridized carbons (Fsp3) is 0.0556. The van der Waals surface area contributed by atoms with Gasteiger partial charge < -0.3 is 10.6 Å². The number of aryl methyl sites for hydroxylation is 2. The first-order valence-electron chi connectivity index (χ1n) is 21.5. The van der Waals surface area contributed by atoms with Crippen molar-refractivity contribution in [1.29, 1.82) is 0 Å². The lowest BCUT2D eigenvalue weighted by Gasteiger charge is -2.15. The van der Waals surface area contributed by atoms with Crippen LogP contribution in [0.3, 0.4) is 0 Å². The lowest BCUT2D eigenvalue weighted by atomic mass is 10.00. The number of nitrogens with one attached hydrogen (secondary N) is 2. The number of carbonyl (C=O) groups is 2. The van der Waals surface area contributed by atoms with Crippen molar-refractivity contribution in [3.8, 4) is 44.8 Å². The number of aromatic nitrogens is 5. The summed E-state index contributed by atoms with van der Waals surface area (Å²) < 4.78 is 114. The van der Waals surface area contributed by atoms with Crippen LogP contribution < -0.4 is 10.6 Å². The normalized spacial score (nSPS) is 11.4. The van der Waals surface area contributed by atoms with E-state index in [0.29, 0.717) is 50.5 Å². The predicted molar refractivity (Wildman–Crippen MR) is 253 cm³/mol. The molecule has 0 aliphatic carbocycles. The van der Waals surface area contributed by atoms with Gasteiger partial charge in [0.2, 0.25) is 0 Å². The number of hydrogen-bond donors (Lipinski definition) is 2. The van der Waals surface area contributed by atoms with Crippen LogP contribution in [0.25, 0.3) is 55.8 Å². The second kappa shape index (κ2) is 19.2. The maximum atomic E-state index is 14.4. The standard InChI is InChI=1S/C27H15F6N3O.C27H20F2N4O/c28-16-8-10-17(11-9-16)35-26(37)19-13-15(7-12-21(19)27(31,32)33)23-5-2-6-24-20(14-34-36(23)24)18-3-1-4-22(29)25(18)30;1-16-9-11-19(12-10-16)32-27(34)21-13-18(14-30-17(21)2)24-7-4-8-25-22(15-31-33(24)25)20-5-3-6-23(28)26(20)29/h1-14H,(H,35,37);3-15H,1-2H3,(H,32,34). The Kier molecular flexibility index (Phi) is 12.7. The molecule has 0 aliphatic rings. The van der Waals surface area contributed by atoms with Crippen LogP contribution >= 0.6 is 0 Å². The number of benzene rings is 5. The zero-order valence-corrected chi connectivity index (χ0v) is 37.2.